The number of carbonyl (C=O) groups is 2. The number of hydrogen-bond acceptors (Lipinski definition) is 5. The lowest BCUT2D eigenvalue weighted by Crippen LogP contribution is -2.52. The van der Waals surface area contributed by atoms with Crippen molar-refractivity contribution >= 4 is 11.8 Å². The molecule has 0 saturated carbocycles. The van der Waals surface area contributed by atoms with Gasteiger partial charge in [-0.15, -0.1) is 0 Å². The van der Waals surface area contributed by atoms with Crippen molar-refractivity contribution in [1.29, 1.82) is 0 Å². The molecule has 1 aromatic carbocycles. The number of ether oxygens (including phenoxy) is 2. The van der Waals surface area contributed by atoms with Crippen LogP contribution in [0.15, 0.2) is 30.3 Å². The molecule has 1 unspecified atom stereocenters. The van der Waals surface area contributed by atoms with Crippen molar-refractivity contribution in [1.82, 2.24) is 10.2 Å². The van der Waals surface area contributed by atoms with E-state index in [1.165, 1.54) is 11.8 Å². The number of rotatable bonds is 5. The summed E-state index contributed by atoms with van der Waals surface area (Å²) in [4.78, 5) is 24.5. The van der Waals surface area contributed by atoms with E-state index in [0.29, 0.717) is 18.9 Å². The second-order valence-corrected chi connectivity index (χ2v) is 5.60. The largest absolute Gasteiger partial charge is 0.490 e. The summed E-state index contributed by atoms with van der Waals surface area (Å²) in [7, 11) is 0. The van der Waals surface area contributed by atoms with Gasteiger partial charge in [-0.1, -0.05) is 18.2 Å². The summed E-state index contributed by atoms with van der Waals surface area (Å²) >= 11 is 0. The van der Waals surface area contributed by atoms with Gasteiger partial charge < -0.3 is 24.8 Å². The minimum absolute atomic E-state index is 0.0148. The average molecular weight is 322 g/mol. The van der Waals surface area contributed by atoms with Gasteiger partial charge in [0, 0.05) is 13.5 Å². The molecule has 0 bridgehead atoms. The Balaban J connectivity index is 1.94. The van der Waals surface area contributed by atoms with Crippen LogP contribution in [0.2, 0.25) is 0 Å². The first kappa shape index (κ1) is 17.2. The standard InChI is InChI=1S/C16H22N2O5/c1-13(19)17-9-15(20)18-7-8-22-11-16(21,10-18)12-23-14-5-3-2-4-6-14/h2-6,21H,7-12H2,1H3,(H,17,19). The Bertz CT molecular complexity index is 537. The fourth-order valence-electron chi connectivity index (χ4n) is 2.26. The van der Waals surface area contributed by atoms with Crippen molar-refractivity contribution in [3.05, 3.63) is 30.3 Å². The Kier molecular flexibility index (Phi) is 5.95. The highest BCUT2D eigenvalue weighted by molar-refractivity contribution is 5.83. The van der Waals surface area contributed by atoms with Crippen molar-refractivity contribution in [2.75, 3.05) is 39.5 Å². The minimum atomic E-state index is -1.29. The van der Waals surface area contributed by atoms with Gasteiger partial charge in [0.15, 0.2) is 0 Å². The number of β-amino-alcohol motifs (C(OH)–C–C–N with tert-alkyl or cyclic N) is 1. The van der Waals surface area contributed by atoms with Crippen LogP contribution in [0, 0.1) is 0 Å². The molecule has 23 heavy (non-hydrogen) atoms. The quantitative estimate of drug-likeness (QED) is 0.783. The Morgan fingerprint density at radius 3 is 2.83 bits per heavy atom. The van der Waals surface area contributed by atoms with Crippen LogP contribution in [-0.2, 0) is 14.3 Å². The van der Waals surface area contributed by atoms with Gasteiger partial charge in [-0.25, -0.2) is 0 Å². The SMILES string of the molecule is CC(=O)NCC(=O)N1CCOCC(O)(COc2ccccc2)C1. The average Bonchev–Trinajstić information content (AvgIpc) is 2.74. The van der Waals surface area contributed by atoms with E-state index in [2.05, 4.69) is 5.32 Å². The third kappa shape index (κ3) is 5.54. The Hall–Kier alpha value is -2.12. The van der Waals surface area contributed by atoms with E-state index in [1.807, 2.05) is 18.2 Å². The summed E-state index contributed by atoms with van der Waals surface area (Å²) in [5, 5.41) is 13.1. The van der Waals surface area contributed by atoms with Crippen molar-refractivity contribution in [2.24, 2.45) is 0 Å². The van der Waals surface area contributed by atoms with Crippen LogP contribution in [0.3, 0.4) is 0 Å². The molecule has 2 N–H and O–H groups in total. The maximum absolute atomic E-state index is 12.1. The zero-order valence-electron chi connectivity index (χ0n) is 13.2. The number of nitrogens with one attached hydrogen (secondary N) is 1. The van der Waals surface area contributed by atoms with Crippen molar-refractivity contribution < 1.29 is 24.2 Å². The summed E-state index contributed by atoms with van der Waals surface area (Å²) in [6.07, 6.45) is 0. The van der Waals surface area contributed by atoms with Crippen LogP contribution in [0.4, 0.5) is 0 Å². The van der Waals surface area contributed by atoms with Crippen molar-refractivity contribution in [2.45, 2.75) is 12.5 Å². The molecule has 1 fully saturated rings. The van der Waals surface area contributed by atoms with Crippen molar-refractivity contribution in [3.63, 3.8) is 0 Å². The molecular formula is C16H22N2O5. The van der Waals surface area contributed by atoms with E-state index in [4.69, 9.17) is 9.47 Å². The fourth-order valence-corrected chi connectivity index (χ4v) is 2.26. The van der Waals surface area contributed by atoms with E-state index in [0.717, 1.165) is 0 Å². The third-order valence-corrected chi connectivity index (χ3v) is 3.45. The molecule has 7 nitrogen and oxygen atoms in total. The summed E-state index contributed by atoms with van der Waals surface area (Å²) in [6, 6.07) is 9.14. The highest BCUT2D eigenvalue weighted by Crippen LogP contribution is 2.16. The fraction of sp³-hybridized carbons (Fsp3) is 0.500. The first-order valence-corrected chi connectivity index (χ1v) is 7.49. The second-order valence-electron chi connectivity index (χ2n) is 5.60. The summed E-state index contributed by atoms with van der Waals surface area (Å²) in [6.45, 7) is 2.16. The van der Waals surface area contributed by atoms with Crippen molar-refractivity contribution in [3.8, 4) is 5.75 Å². The first-order chi connectivity index (χ1) is 11.0. The molecule has 0 aliphatic carbocycles. The Morgan fingerprint density at radius 1 is 1.39 bits per heavy atom. The lowest BCUT2D eigenvalue weighted by atomic mass is 10.1. The summed E-state index contributed by atoms with van der Waals surface area (Å²) < 4.78 is 11.0. The highest BCUT2D eigenvalue weighted by atomic mass is 16.5. The zero-order chi connectivity index (χ0) is 16.7. The number of amides is 2. The predicted molar refractivity (Wildman–Crippen MR) is 83.0 cm³/mol. The number of aliphatic hydroxyl groups is 1. The van der Waals surface area contributed by atoms with Crippen LogP contribution in [0.5, 0.6) is 5.75 Å². The molecule has 0 spiro atoms. The molecule has 2 amide bonds. The van der Waals surface area contributed by atoms with Gasteiger partial charge in [-0.3, -0.25) is 9.59 Å². The minimum Gasteiger partial charge on any atom is -0.490 e. The van der Waals surface area contributed by atoms with Crippen LogP contribution >= 0.6 is 0 Å². The maximum Gasteiger partial charge on any atom is 0.242 e. The number of nitrogens with zero attached hydrogens (tertiary/aromatic N) is 1. The summed E-state index contributed by atoms with van der Waals surface area (Å²) in [5.74, 6) is 0.109. The smallest absolute Gasteiger partial charge is 0.242 e. The van der Waals surface area contributed by atoms with E-state index < -0.39 is 5.60 Å². The van der Waals surface area contributed by atoms with E-state index in [-0.39, 0.29) is 38.1 Å². The normalized spacial score (nSPS) is 21.4. The summed E-state index contributed by atoms with van der Waals surface area (Å²) in [5.41, 5.74) is -1.29. The van der Waals surface area contributed by atoms with Gasteiger partial charge in [0.2, 0.25) is 11.8 Å². The monoisotopic (exact) mass is 322 g/mol. The molecule has 1 aromatic rings. The van der Waals surface area contributed by atoms with Gasteiger partial charge in [-0.05, 0) is 12.1 Å². The van der Waals surface area contributed by atoms with Crippen LogP contribution in [0.1, 0.15) is 6.92 Å². The van der Waals surface area contributed by atoms with Gasteiger partial charge in [-0.2, -0.15) is 0 Å². The predicted octanol–water partition coefficient (Wildman–Crippen LogP) is -0.209. The second kappa shape index (κ2) is 7.94. The molecule has 0 radical (unpaired) electrons. The number of para-hydroxylation sites is 1. The van der Waals surface area contributed by atoms with Crippen LogP contribution < -0.4 is 10.1 Å². The Labute approximate surface area is 135 Å². The Morgan fingerprint density at radius 2 is 2.13 bits per heavy atom. The molecule has 1 aliphatic rings. The topological polar surface area (TPSA) is 88.1 Å². The first-order valence-electron chi connectivity index (χ1n) is 7.49. The molecule has 2 rings (SSSR count). The van der Waals surface area contributed by atoms with Gasteiger partial charge >= 0.3 is 0 Å². The zero-order valence-corrected chi connectivity index (χ0v) is 13.2. The molecular weight excluding hydrogens is 300 g/mol. The number of carbonyl (C=O) groups excluding carboxylic acids is 2. The number of benzene rings is 1. The van der Waals surface area contributed by atoms with E-state index in [1.54, 1.807) is 12.1 Å². The van der Waals surface area contributed by atoms with E-state index in [9.17, 15) is 14.7 Å². The van der Waals surface area contributed by atoms with Gasteiger partial charge in [0.1, 0.15) is 18.0 Å². The number of hydrogen-bond donors (Lipinski definition) is 2. The molecule has 1 heterocycles. The molecule has 0 aromatic heterocycles. The maximum atomic E-state index is 12.1. The highest BCUT2D eigenvalue weighted by Gasteiger charge is 2.35. The van der Waals surface area contributed by atoms with Gasteiger partial charge in [0.05, 0.1) is 26.3 Å². The molecule has 7 heteroatoms. The van der Waals surface area contributed by atoms with E-state index >= 15 is 0 Å². The molecule has 1 aliphatic heterocycles. The van der Waals surface area contributed by atoms with Gasteiger partial charge in [0.25, 0.3) is 0 Å². The molecule has 1 atom stereocenters. The molecule has 126 valence electrons. The van der Waals surface area contributed by atoms with Crippen LogP contribution in [0.25, 0.3) is 0 Å². The lowest BCUT2D eigenvalue weighted by molar-refractivity contribution is -0.135. The van der Waals surface area contributed by atoms with Crippen LogP contribution in [-0.4, -0.2) is 66.9 Å². The lowest BCUT2D eigenvalue weighted by Gasteiger charge is -2.30. The third-order valence-electron chi connectivity index (χ3n) is 3.45. The molecule has 1 saturated heterocycles.